The van der Waals surface area contributed by atoms with Gasteiger partial charge >= 0.3 is 0 Å². The lowest BCUT2D eigenvalue weighted by atomic mass is 9.93. The first-order valence-corrected chi connectivity index (χ1v) is 11.1. The van der Waals surface area contributed by atoms with Crippen molar-refractivity contribution in [3.63, 3.8) is 0 Å². The van der Waals surface area contributed by atoms with E-state index in [1.165, 1.54) is 6.33 Å². The molecular weight excluding hydrogens is 408 g/mol. The Bertz CT molecular complexity index is 1050. The van der Waals surface area contributed by atoms with Crippen LogP contribution in [-0.2, 0) is 4.74 Å². The molecule has 2 aromatic heterocycles. The number of aromatic nitrogens is 4. The number of hydrogen-bond donors (Lipinski definition) is 1. The van der Waals surface area contributed by atoms with E-state index in [1.807, 2.05) is 6.07 Å². The van der Waals surface area contributed by atoms with Gasteiger partial charge in [0.1, 0.15) is 23.4 Å². The van der Waals surface area contributed by atoms with Gasteiger partial charge in [-0.1, -0.05) is 0 Å². The Hall–Kier alpha value is -3.20. The molecule has 1 saturated heterocycles. The molecule has 0 spiro atoms. The molecule has 9 nitrogen and oxygen atoms in total. The van der Waals surface area contributed by atoms with Crippen molar-refractivity contribution >= 4 is 22.5 Å². The van der Waals surface area contributed by atoms with Crippen LogP contribution in [0, 0.1) is 0 Å². The Balaban J connectivity index is 1.26. The van der Waals surface area contributed by atoms with Crippen LogP contribution in [0.1, 0.15) is 25.7 Å². The smallest absolute Gasteiger partial charge is 0.218 e. The van der Waals surface area contributed by atoms with Crippen molar-refractivity contribution in [1.29, 1.82) is 0 Å². The van der Waals surface area contributed by atoms with E-state index in [1.54, 1.807) is 19.5 Å². The van der Waals surface area contributed by atoms with E-state index in [9.17, 15) is 0 Å². The van der Waals surface area contributed by atoms with E-state index in [2.05, 4.69) is 42.3 Å². The van der Waals surface area contributed by atoms with Crippen LogP contribution in [0.25, 0.3) is 11.0 Å². The van der Waals surface area contributed by atoms with Gasteiger partial charge < -0.3 is 24.4 Å². The molecule has 1 aromatic carbocycles. The van der Waals surface area contributed by atoms with Gasteiger partial charge in [0, 0.05) is 49.3 Å². The van der Waals surface area contributed by atoms with Gasteiger partial charge in [-0.3, -0.25) is 4.98 Å². The first kappa shape index (κ1) is 20.7. The van der Waals surface area contributed by atoms with Gasteiger partial charge in [-0.25, -0.2) is 15.0 Å². The zero-order chi connectivity index (χ0) is 21.8. The normalized spacial score (nSPS) is 21.3. The lowest BCUT2D eigenvalue weighted by Crippen LogP contribution is -2.36. The number of ether oxygens (including phenoxy) is 3. The predicted molar refractivity (Wildman–Crippen MR) is 121 cm³/mol. The van der Waals surface area contributed by atoms with E-state index in [-0.39, 0.29) is 6.10 Å². The lowest BCUT2D eigenvalue weighted by Gasteiger charge is -2.31. The van der Waals surface area contributed by atoms with Gasteiger partial charge in [-0.2, -0.15) is 0 Å². The Morgan fingerprint density at radius 1 is 0.969 bits per heavy atom. The second kappa shape index (κ2) is 9.52. The first-order valence-electron chi connectivity index (χ1n) is 11.1. The van der Waals surface area contributed by atoms with E-state index >= 15 is 0 Å². The lowest BCUT2D eigenvalue weighted by molar-refractivity contribution is 0.122. The molecule has 0 radical (unpaired) electrons. The van der Waals surface area contributed by atoms with Gasteiger partial charge in [-0.05, 0) is 31.7 Å². The summed E-state index contributed by atoms with van der Waals surface area (Å²) in [6.07, 6.45) is 9.05. The van der Waals surface area contributed by atoms with Crippen molar-refractivity contribution in [3.05, 3.63) is 36.9 Å². The fourth-order valence-corrected chi connectivity index (χ4v) is 4.37. The molecular formula is C23H28N6O3. The Labute approximate surface area is 187 Å². The predicted octanol–water partition coefficient (Wildman–Crippen LogP) is 3.07. The molecule has 5 rings (SSSR count). The molecule has 1 aliphatic heterocycles. The fraction of sp³-hybridized carbons (Fsp3) is 0.478. The summed E-state index contributed by atoms with van der Waals surface area (Å²) in [6, 6.07) is 6.38. The minimum Gasteiger partial charge on any atom is -0.488 e. The molecule has 2 fully saturated rings. The summed E-state index contributed by atoms with van der Waals surface area (Å²) in [4.78, 5) is 19.8. The molecule has 1 aliphatic carbocycles. The number of rotatable bonds is 6. The SMILES string of the molecule is COc1cc(N[C@H]2CC[C@@H](Oc3cc(N4CCOCC4)cc4nccnc34)CC2)ncn1. The van der Waals surface area contributed by atoms with Crippen molar-refractivity contribution in [2.24, 2.45) is 0 Å². The third-order valence-electron chi connectivity index (χ3n) is 6.07. The highest BCUT2D eigenvalue weighted by atomic mass is 16.5. The molecule has 3 aromatic rings. The quantitative estimate of drug-likeness (QED) is 0.625. The van der Waals surface area contributed by atoms with E-state index < -0.39 is 0 Å². The number of hydrogen-bond acceptors (Lipinski definition) is 9. The average Bonchev–Trinajstić information content (AvgIpc) is 2.86. The van der Waals surface area contributed by atoms with Crippen LogP contribution in [-0.4, -0.2) is 65.5 Å². The van der Waals surface area contributed by atoms with Gasteiger partial charge in [0.2, 0.25) is 5.88 Å². The maximum Gasteiger partial charge on any atom is 0.218 e. The van der Waals surface area contributed by atoms with Crippen molar-refractivity contribution in [3.8, 4) is 11.6 Å². The molecule has 0 bridgehead atoms. The number of nitrogens with zero attached hydrogens (tertiary/aromatic N) is 5. The van der Waals surface area contributed by atoms with E-state index in [4.69, 9.17) is 14.2 Å². The molecule has 1 N–H and O–H groups in total. The second-order valence-corrected chi connectivity index (χ2v) is 8.15. The van der Waals surface area contributed by atoms with E-state index in [0.29, 0.717) is 11.9 Å². The molecule has 0 amide bonds. The zero-order valence-electron chi connectivity index (χ0n) is 18.2. The summed E-state index contributed by atoms with van der Waals surface area (Å²) in [5.74, 6) is 2.17. The maximum absolute atomic E-state index is 6.50. The molecule has 1 saturated carbocycles. The van der Waals surface area contributed by atoms with Crippen molar-refractivity contribution in [2.75, 3.05) is 43.6 Å². The number of anilines is 2. The van der Waals surface area contributed by atoms with Crippen LogP contribution in [0.4, 0.5) is 11.5 Å². The number of fused-ring (bicyclic) bond motifs is 1. The summed E-state index contributed by atoms with van der Waals surface area (Å²) in [5, 5.41) is 3.49. The summed E-state index contributed by atoms with van der Waals surface area (Å²) in [5.41, 5.74) is 2.79. The van der Waals surface area contributed by atoms with Gasteiger partial charge in [-0.15, -0.1) is 0 Å². The Morgan fingerprint density at radius 2 is 1.78 bits per heavy atom. The Morgan fingerprint density at radius 3 is 2.59 bits per heavy atom. The van der Waals surface area contributed by atoms with Gasteiger partial charge in [0.25, 0.3) is 0 Å². The minimum absolute atomic E-state index is 0.151. The van der Waals surface area contributed by atoms with Crippen molar-refractivity contribution in [2.45, 2.75) is 37.8 Å². The highest BCUT2D eigenvalue weighted by Gasteiger charge is 2.24. The van der Waals surface area contributed by atoms with E-state index in [0.717, 1.165) is 80.3 Å². The summed E-state index contributed by atoms with van der Waals surface area (Å²) >= 11 is 0. The zero-order valence-corrected chi connectivity index (χ0v) is 18.2. The molecule has 9 heteroatoms. The monoisotopic (exact) mass is 436 g/mol. The average molecular weight is 437 g/mol. The number of methoxy groups -OCH3 is 1. The van der Waals surface area contributed by atoms with Crippen LogP contribution < -0.4 is 19.7 Å². The molecule has 168 valence electrons. The third-order valence-corrected chi connectivity index (χ3v) is 6.07. The highest BCUT2D eigenvalue weighted by molar-refractivity contribution is 5.85. The number of nitrogens with one attached hydrogen (secondary N) is 1. The van der Waals surface area contributed by atoms with Crippen LogP contribution in [0.5, 0.6) is 11.6 Å². The first-order chi connectivity index (χ1) is 15.8. The molecule has 2 aliphatic rings. The summed E-state index contributed by atoms with van der Waals surface area (Å²) < 4.78 is 17.2. The molecule has 0 unspecified atom stereocenters. The Kier molecular flexibility index (Phi) is 6.15. The topological polar surface area (TPSA) is 94.5 Å². The van der Waals surface area contributed by atoms with Crippen LogP contribution in [0.15, 0.2) is 36.9 Å². The summed E-state index contributed by atoms with van der Waals surface area (Å²) in [6.45, 7) is 3.22. The highest BCUT2D eigenvalue weighted by Crippen LogP contribution is 2.33. The van der Waals surface area contributed by atoms with Crippen LogP contribution in [0.3, 0.4) is 0 Å². The van der Waals surface area contributed by atoms with Gasteiger partial charge in [0.05, 0.1) is 31.9 Å². The van der Waals surface area contributed by atoms with Gasteiger partial charge in [0.15, 0.2) is 0 Å². The fourth-order valence-electron chi connectivity index (χ4n) is 4.37. The largest absolute Gasteiger partial charge is 0.488 e. The molecule has 0 atom stereocenters. The third kappa shape index (κ3) is 4.67. The van der Waals surface area contributed by atoms with Crippen LogP contribution in [0.2, 0.25) is 0 Å². The maximum atomic E-state index is 6.50. The summed E-state index contributed by atoms with van der Waals surface area (Å²) in [7, 11) is 1.61. The number of benzene rings is 1. The second-order valence-electron chi connectivity index (χ2n) is 8.15. The molecule has 3 heterocycles. The standard InChI is InChI=1S/C23H28N6O3/c1-30-22-14-21(26-15-27-22)28-16-2-4-18(5-3-16)32-20-13-17(29-8-10-31-11-9-29)12-19-23(20)25-7-6-24-19/h6-7,12-16,18H,2-5,8-11H2,1H3,(H,26,27,28)/t16-,18+. The van der Waals surface area contributed by atoms with Crippen molar-refractivity contribution < 1.29 is 14.2 Å². The minimum atomic E-state index is 0.151. The van der Waals surface area contributed by atoms with Crippen LogP contribution >= 0.6 is 0 Å². The molecule has 32 heavy (non-hydrogen) atoms. The number of morpholine rings is 1. The van der Waals surface area contributed by atoms with Crippen molar-refractivity contribution in [1.82, 2.24) is 19.9 Å².